The van der Waals surface area contributed by atoms with Crippen LogP contribution >= 0.6 is 0 Å². The molecular formula is C18H22N4O3. The van der Waals surface area contributed by atoms with Gasteiger partial charge in [0.2, 0.25) is 0 Å². The average Bonchev–Trinajstić information content (AvgIpc) is 2.96. The number of azide groups is 1. The van der Waals surface area contributed by atoms with Crippen LogP contribution in [0.25, 0.3) is 10.4 Å². The maximum atomic E-state index is 11.9. The third-order valence-electron chi connectivity index (χ3n) is 7.10. The van der Waals surface area contributed by atoms with Gasteiger partial charge in [-0.1, -0.05) is 11.2 Å². The summed E-state index contributed by atoms with van der Waals surface area (Å²) in [5.41, 5.74) is 9.97. The van der Waals surface area contributed by atoms with Crippen molar-refractivity contribution >= 4 is 0 Å². The summed E-state index contributed by atoms with van der Waals surface area (Å²) >= 11 is 0. The van der Waals surface area contributed by atoms with Crippen molar-refractivity contribution in [3.05, 3.63) is 33.7 Å². The fourth-order valence-electron chi connectivity index (χ4n) is 6.06. The smallest absolute Gasteiger partial charge is 0.165 e. The second-order valence-corrected chi connectivity index (χ2v) is 7.83. The van der Waals surface area contributed by atoms with Gasteiger partial charge in [0, 0.05) is 16.5 Å². The zero-order valence-corrected chi connectivity index (χ0v) is 14.5. The number of aliphatic hydroxyl groups is 1. The molecule has 2 aliphatic carbocycles. The van der Waals surface area contributed by atoms with E-state index in [-0.39, 0.29) is 18.2 Å². The molecule has 0 radical (unpaired) electrons. The highest BCUT2D eigenvalue weighted by atomic mass is 16.5. The highest BCUT2D eigenvalue weighted by molar-refractivity contribution is 5.63. The van der Waals surface area contributed by atoms with Gasteiger partial charge in [0.25, 0.3) is 0 Å². The molecule has 1 N–H and O–H groups in total. The van der Waals surface area contributed by atoms with Crippen LogP contribution in [0.1, 0.15) is 30.4 Å². The number of hydrogen-bond acceptors (Lipinski definition) is 5. The van der Waals surface area contributed by atoms with E-state index in [2.05, 4.69) is 28.0 Å². The van der Waals surface area contributed by atoms with Crippen LogP contribution in [0.15, 0.2) is 17.2 Å². The first-order valence-electron chi connectivity index (χ1n) is 8.90. The minimum atomic E-state index is -0.864. The Balaban J connectivity index is 1.82. The van der Waals surface area contributed by atoms with Crippen molar-refractivity contribution < 1.29 is 14.6 Å². The number of benzene rings is 1. The van der Waals surface area contributed by atoms with Gasteiger partial charge in [-0.2, -0.15) is 0 Å². The van der Waals surface area contributed by atoms with Gasteiger partial charge < -0.3 is 19.5 Å². The molecule has 2 fully saturated rings. The van der Waals surface area contributed by atoms with Crippen molar-refractivity contribution in [2.24, 2.45) is 5.11 Å². The fraction of sp³-hybridized carbons (Fsp3) is 0.667. The topological polar surface area (TPSA) is 90.7 Å². The Kier molecular flexibility index (Phi) is 2.95. The Hall–Kier alpha value is -1.95. The highest BCUT2D eigenvalue weighted by Crippen LogP contribution is 2.65. The third kappa shape index (κ3) is 1.57. The molecule has 0 aromatic heterocycles. The molecule has 0 amide bonds. The quantitative estimate of drug-likeness (QED) is 0.506. The Morgan fingerprint density at radius 3 is 3.04 bits per heavy atom. The molecule has 5 atom stereocenters. The van der Waals surface area contributed by atoms with Gasteiger partial charge >= 0.3 is 0 Å². The molecule has 1 aromatic carbocycles. The predicted molar refractivity (Wildman–Crippen MR) is 90.9 cm³/mol. The third-order valence-corrected chi connectivity index (χ3v) is 7.10. The summed E-state index contributed by atoms with van der Waals surface area (Å²) in [5, 5.41) is 16.0. The normalized spacial score (nSPS) is 40.7. The summed E-state index contributed by atoms with van der Waals surface area (Å²) in [6.07, 6.45) is 2.54. The van der Waals surface area contributed by atoms with Gasteiger partial charge in [0.15, 0.2) is 11.5 Å². The van der Waals surface area contributed by atoms with Crippen LogP contribution < -0.4 is 9.47 Å². The number of likely N-dealkylation sites (tertiary alicyclic amines) is 1. The molecule has 1 aromatic rings. The Morgan fingerprint density at radius 2 is 2.28 bits per heavy atom. The van der Waals surface area contributed by atoms with E-state index in [1.54, 1.807) is 7.11 Å². The number of rotatable bonds is 2. The second kappa shape index (κ2) is 4.81. The first-order chi connectivity index (χ1) is 12.1. The van der Waals surface area contributed by atoms with E-state index < -0.39 is 11.0 Å². The Labute approximate surface area is 146 Å². The molecular weight excluding hydrogens is 320 g/mol. The van der Waals surface area contributed by atoms with E-state index in [1.165, 1.54) is 5.56 Å². The SMILES string of the molecule is COc1ccc2c3c1O[C@H]1[C@H](N=[N+]=[N-])CC[C@@]4(O)[C@@H](C2)N(C)CC[C@]314. The summed E-state index contributed by atoms with van der Waals surface area (Å²) < 4.78 is 11.9. The van der Waals surface area contributed by atoms with Gasteiger partial charge in [-0.15, -0.1) is 0 Å². The average molecular weight is 342 g/mol. The van der Waals surface area contributed by atoms with Crippen molar-refractivity contribution in [3.63, 3.8) is 0 Å². The van der Waals surface area contributed by atoms with Crippen molar-refractivity contribution in [1.29, 1.82) is 0 Å². The van der Waals surface area contributed by atoms with Gasteiger partial charge in [0.05, 0.1) is 24.2 Å². The predicted octanol–water partition coefficient (Wildman–Crippen LogP) is 2.16. The van der Waals surface area contributed by atoms with Crippen LogP contribution in [0.4, 0.5) is 0 Å². The lowest BCUT2D eigenvalue weighted by Crippen LogP contribution is -2.76. The summed E-state index contributed by atoms with van der Waals surface area (Å²) in [6, 6.07) is 3.85. The first-order valence-corrected chi connectivity index (χ1v) is 8.90. The molecule has 2 heterocycles. The fourth-order valence-corrected chi connectivity index (χ4v) is 6.06. The minimum Gasteiger partial charge on any atom is -0.493 e. The van der Waals surface area contributed by atoms with Crippen LogP contribution in [-0.4, -0.2) is 54.5 Å². The standard InChI is InChI=1S/C18H22N4O3/c1-22-8-7-17-14-10-3-4-12(24-2)15(14)25-16(17)11(20-21-19)5-6-18(17,23)13(22)9-10/h3-4,11,13,16,23H,5-9H2,1-2H3/t11-,13-,16+,17+,18-/m1/s1. The monoisotopic (exact) mass is 342 g/mol. The Morgan fingerprint density at radius 1 is 1.44 bits per heavy atom. The van der Waals surface area contributed by atoms with E-state index in [0.717, 1.165) is 30.7 Å². The zero-order valence-electron chi connectivity index (χ0n) is 14.5. The van der Waals surface area contributed by atoms with Gasteiger partial charge in [-0.3, -0.25) is 0 Å². The number of hydrogen-bond donors (Lipinski definition) is 1. The number of nitrogens with zero attached hydrogens (tertiary/aromatic N) is 4. The van der Waals surface area contributed by atoms with Crippen molar-refractivity contribution in [2.75, 3.05) is 20.7 Å². The molecule has 5 rings (SSSR count). The van der Waals surface area contributed by atoms with E-state index >= 15 is 0 Å². The van der Waals surface area contributed by atoms with Crippen molar-refractivity contribution in [1.82, 2.24) is 4.90 Å². The molecule has 132 valence electrons. The van der Waals surface area contributed by atoms with Crippen molar-refractivity contribution in [2.45, 2.75) is 54.9 Å². The van der Waals surface area contributed by atoms with E-state index in [9.17, 15) is 5.11 Å². The molecule has 2 aliphatic heterocycles. The van der Waals surface area contributed by atoms with Crippen LogP contribution in [0.3, 0.4) is 0 Å². The lowest BCUT2D eigenvalue weighted by molar-refractivity contribution is -0.184. The summed E-state index contributed by atoms with van der Waals surface area (Å²) in [5.74, 6) is 1.44. The number of piperidine rings is 1. The first kappa shape index (κ1) is 15.3. The molecule has 4 aliphatic rings. The van der Waals surface area contributed by atoms with Crippen LogP contribution in [0, 0.1) is 0 Å². The lowest BCUT2D eigenvalue weighted by atomic mass is 9.48. The lowest BCUT2D eigenvalue weighted by Gasteiger charge is -2.63. The number of likely N-dealkylation sites (N-methyl/N-ethyl adjacent to an activating group) is 1. The van der Waals surface area contributed by atoms with Gasteiger partial charge in [0.1, 0.15) is 6.10 Å². The van der Waals surface area contributed by atoms with E-state index in [0.29, 0.717) is 18.6 Å². The minimum absolute atomic E-state index is 0.0613. The maximum absolute atomic E-state index is 11.9. The Bertz CT molecular complexity index is 808. The molecule has 1 spiro atoms. The molecule has 25 heavy (non-hydrogen) atoms. The molecule has 2 bridgehead atoms. The zero-order chi connectivity index (χ0) is 17.4. The summed E-state index contributed by atoms with van der Waals surface area (Å²) in [4.78, 5) is 5.33. The van der Waals surface area contributed by atoms with Crippen LogP contribution in [-0.2, 0) is 11.8 Å². The van der Waals surface area contributed by atoms with E-state index in [1.807, 2.05) is 6.07 Å². The second-order valence-electron chi connectivity index (χ2n) is 7.83. The van der Waals surface area contributed by atoms with Crippen molar-refractivity contribution in [3.8, 4) is 11.5 Å². The number of methoxy groups -OCH3 is 1. The molecule has 0 unspecified atom stereocenters. The summed E-state index contributed by atoms with van der Waals surface area (Å²) in [6.45, 7) is 0.895. The highest BCUT2D eigenvalue weighted by Gasteiger charge is 2.72. The molecule has 7 heteroatoms. The summed E-state index contributed by atoms with van der Waals surface area (Å²) in [7, 11) is 3.73. The van der Waals surface area contributed by atoms with Crippen LogP contribution in [0.5, 0.6) is 11.5 Å². The molecule has 1 saturated heterocycles. The molecule has 1 saturated carbocycles. The van der Waals surface area contributed by atoms with E-state index in [4.69, 9.17) is 15.0 Å². The van der Waals surface area contributed by atoms with Gasteiger partial charge in [-0.25, -0.2) is 0 Å². The maximum Gasteiger partial charge on any atom is 0.165 e. The van der Waals surface area contributed by atoms with Crippen LogP contribution in [0.2, 0.25) is 0 Å². The molecule has 7 nitrogen and oxygen atoms in total. The van der Waals surface area contributed by atoms with Gasteiger partial charge in [-0.05, 0) is 56.4 Å². The largest absolute Gasteiger partial charge is 0.493 e. The number of ether oxygens (including phenoxy) is 2.